The van der Waals surface area contributed by atoms with Gasteiger partial charge in [0.25, 0.3) is 11.5 Å². The molecule has 0 bridgehead atoms. The molecule has 0 atom stereocenters. The molecule has 2 N–H and O–H groups in total. The minimum absolute atomic E-state index is 0.0724. The number of fused-ring (bicyclic) bond motifs is 1. The summed E-state index contributed by atoms with van der Waals surface area (Å²) >= 11 is 0. The van der Waals surface area contributed by atoms with Crippen LogP contribution in [0.2, 0.25) is 0 Å². The predicted octanol–water partition coefficient (Wildman–Crippen LogP) is 2.92. The van der Waals surface area contributed by atoms with E-state index in [1.165, 1.54) is 18.0 Å². The van der Waals surface area contributed by atoms with Crippen molar-refractivity contribution in [3.63, 3.8) is 0 Å². The van der Waals surface area contributed by atoms with Crippen molar-refractivity contribution in [2.75, 3.05) is 7.11 Å². The lowest BCUT2D eigenvalue weighted by Crippen LogP contribution is -2.29. The maximum atomic E-state index is 12.9. The fourth-order valence-corrected chi connectivity index (χ4v) is 3.29. The highest BCUT2D eigenvalue weighted by Crippen LogP contribution is 2.27. The molecule has 3 aromatic carbocycles. The Bertz CT molecular complexity index is 1360. The van der Waals surface area contributed by atoms with Crippen molar-refractivity contribution in [2.24, 2.45) is 5.10 Å². The van der Waals surface area contributed by atoms with Gasteiger partial charge in [-0.1, -0.05) is 54.6 Å². The molecule has 4 aromatic rings. The van der Waals surface area contributed by atoms with Crippen LogP contribution in [0.15, 0.2) is 82.7 Å². The van der Waals surface area contributed by atoms with Crippen LogP contribution in [-0.4, -0.2) is 34.1 Å². The van der Waals surface area contributed by atoms with Crippen LogP contribution in [0.3, 0.4) is 0 Å². The zero-order chi connectivity index (χ0) is 22.5. The highest BCUT2D eigenvalue weighted by molar-refractivity contribution is 6.05. The van der Waals surface area contributed by atoms with Gasteiger partial charge in [0, 0.05) is 10.9 Å². The minimum atomic E-state index is -0.582. The number of ether oxygens (including phenoxy) is 1. The van der Waals surface area contributed by atoms with E-state index < -0.39 is 5.91 Å². The minimum Gasteiger partial charge on any atom is -0.504 e. The molecule has 0 aliphatic carbocycles. The molecule has 8 heteroatoms. The number of nitrogens with one attached hydrogen (secondary N) is 1. The Kier molecular flexibility index (Phi) is 5.94. The quantitative estimate of drug-likeness (QED) is 0.363. The molecular formula is C24H20N4O4. The summed E-state index contributed by atoms with van der Waals surface area (Å²) in [5.74, 6) is -0.379. The Morgan fingerprint density at radius 3 is 2.53 bits per heavy atom. The number of rotatable bonds is 6. The van der Waals surface area contributed by atoms with Crippen LogP contribution in [0.4, 0.5) is 0 Å². The van der Waals surface area contributed by atoms with Crippen molar-refractivity contribution in [1.82, 2.24) is 15.2 Å². The first-order valence-corrected chi connectivity index (χ1v) is 9.81. The molecular weight excluding hydrogens is 408 g/mol. The van der Waals surface area contributed by atoms with Crippen LogP contribution in [0.5, 0.6) is 11.5 Å². The molecule has 32 heavy (non-hydrogen) atoms. The fourth-order valence-electron chi connectivity index (χ4n) is 3.29. The second-order valence-corrected chi connectivity index (χ2v) is 6.94. The summed E-state index contributed by atoms with van der Waals surface area (Å²) in [5, 5.41) is 19.2. The van der Waals surface area contributed by atoms with Gasteiger partial charge >= 0.3 is 0 Å². The second kappa shape index (κ2) is 9.13. The van der Waals surface area contributed by atoms with Gasteiger partial charge in [0.1, 0.15) is 0 Å². The third-order valence-electron chi connectivity index (χ3n) is 4.88. The average molecular weight is 428 g/mol. The zero-order valence-corrected chi connectivity index (χ0v) is 17.2. The predicted molar refractivity (Wildman–Crippen MR) is 121 cm³/mol. The van der Waals surface area contributed by atoms with E-state index in [1.54, 1.807) is 42.5 Å². The summed E-state index contributed by atoms with van der Waals surface area (Å²) in [4.78, 5) is 25.8. The van der Waals surface area contributed by atoms with Gasteiger partial charge in [-0.15, -0.1) is 0 Å². The van der Waals surface area contributed by atoms with Crippen LogP contribution in [0.1, 0.15) is 21.6 Å². The summed E-state index contributed by atoms with van der Waals surface area (Å²) in [5.41, 5.74) is 3.46. The molecule has 0 saturated heterocycles. The van der Waals surface area contributed by atoms with Gasteiger partial charge in [-0.05, 0) is 23.8 Å². The molecule has 1 amide bonds. The van der Waals surface area contributed by atoms with Gasteiger partial charge in [-0.2, -0.15) is 10.2 Å². The summed E-state index contributed by atoms with van der Waals surface area (Å²) < 4.78 is 6.33. The number of phenols is 1. The maximum absolute atomic E-state index is 12.9. The Morgan fingerprint density at radius 2 is 1.78 bits per heavy atom. The van der Waals surface area contributed by atoms with Crippen molar-refractivity contribution in [2.45, 2.75) is 6.54 Å². The normalized spacial score (nSPS) is 11.0. The van der Waals surface area contributed by atoms with Crippen LogP contribution in [-0.2, 0) is 6.54 Å². The number of methoxy groups -OCH3 is 1. The van der Waals surface area contributed by atoms with E-state index in [2.05, 4.69) is 15.6 Å². The van der Waals surface area contributed by atoms with Gasteiger partial charge < -0.3 is 9.84 Å². The first-order valence-electron chi connectivity index (χ1n) is 9.81. The fraction of sp³-hybridized carbons (Fsp3) is 0.0833. The van der Waals surface area contributed by atoms with Crippen LogP contribution >= 0.6 is 0 Å². The van der Waals surface area contributed by atoms with E-state index in [9.17, 15) is 14.7 Å². The van der Waals surface area contributed by atoms with Crippen molar-refractivity contribution in [3.05, 3.63) is 100.0 Å². The van der Waals surface area contributed by atoms with Gasteiger partial charge in [-0.3, -0.25) is 9.59 Å². The maximum Gasteiger partial charge on any atom is 0.292 e. The number of amides is 1. The number of para-hydroxylation sites is 1. The lowest BCUT2D eigenvalue weighted by Gasteiger charge is -2.10. The number of carbonyl (C=O) groups excluding carboxylic acids is 1. The van der Waals surface area contributed by atoms with Gasteiger partial charge in [-0.25, -0.2) is 10.1 Å². The molecule has 0 radical (unpaired) electrons. The summed E-state index contributed by atoms with van der Waals surface area (Å²) in [7, 11) is 1.44. The zero-order valence-electron chi connectivity index (χ0n) is 17.2. The SMILES string of the molecule is COc1cccc(C=NNC(=O)c2nn(Cc3ccccc3)c(=O)c3ccccc23)c1O. The van der Waals surface area contributed by atoms with Crippen LogP contribution in [0.25, 0.3) is 10.8 Å². The topological polar surface area (TPSA) is 106 Å². The number of hydrazone groups is 1. The van der Waals surface area contributed by atoms with Crippen molar-refractivity contribution >= 4 is 22.9 Å². The number of hydrogen-bond acceptors (Lipinski definition) is 6. The van der Waals surface area contributed by atoms with E-state index in [1.807, 2.05) is 30.3 Å². The van der Waals surface area contributed by atoms with Crippen molar-refractivity contribution in [3.8, 4) is 11.5 Å². The summed E-state index contributed by atoms with van der Waals surface area (Å²) in [6.07, 6.45) is 1.30. The Hall–Kier alpha value is -4.46. The third-order valence-corrected chi connectivity index (χ3v) is 4.88. The number of aromatic nitrogens is 2. The summed E-state index contributed by atoms with van der Waals surface area (Å²) in [6, 6.07) is 21.1. The lowest BCUT2D eigenvalue weighted by atomic mass is 10.1. The molecule has 1 aromatic heterocycles. The highest BCUT2D eigenvalue weighted by atomic mass is 16.5. The molecule has 0 saturated carbocycles. The largest absolute Gasteiger partial charge is 0.504 e. The number of hydrogen-bond donors (Lipinski definition) is 2. The Labute approximate surface area is 183 Å². The number of phenolic OH excluding ortho intramolecular Hbond substituents is 1. The monoisotopic (exact) mass is 428 g/mol. The molecule has 0 aliphatic rings. The molecule has 0 aliphatic heterocycles. The number of aromatic hydroxyl groups is 1. The first kappa shape index (κ1) is 20.8. The number of nitrogens with zero attached hydrogens (tertiary/aromatic N) is 3. The third kappa shape index (κ3) is 4.20. The second-order valence-electron chi connectivity index (χ2n) is 6.94. The van der Waals surface area contributed by atoms with E-state index in [0.717, 1.165) is 5.56 Å². The number of carbonyl (C=O) groups is 1. The van der Waals surface area contributed by atoms with Gasteiger partial charge in [0.05, 0.1) is 25.3 Å². The van der Waals surface area contributed by atoms with E-state index >= 15 is 0 Å². The van der Waals surface area contributed by atoms with Crippen molar-refractivity contribution < 1.29 is 14.6 Å². The Morgan fingerprint density at radius 1 is 1.06 bits per heavy atom. The smallest absolute Gasteiger partial charge is 0.292 e. The highest BCUT2D eigenvalue weighted by Gasteiger charge is 2.16. The molecule has 0 fully saturated rings. The van der Waals surface area contributed by atoms with Crippen LogP contribution < -0.4 is 15.7 Å². The van der Waals surface area contributed by atoms with Gasteiger partial charge in [0.2, 0.25) is 0 Å². The molecule has 1 heterocycles. The van der Waals surface area contributed by atoms with E-state index in [-0.39, 0.29) is 23.5 Å². The molecule has 4 rings (SSSR count). The van der Waals surface area contributed by atoms with E-state index in [4.69, 9.17) is 4.74 Å². The van der Waals surface area contributed by atoms with Crippen LogP contribution in [0, 0.1) is 0 Å². The summed E-state index contributed by atoms with van der Waals surface area (Å²) in [6.45, 7) is 0.228. The van der Waals surface area contributed by atoms with Gasteiger partial charge in [0.15, 0.2) is 17.2 Å². The van der Waals surface area contributed by atoms with Crippen molar-refractivity contribution in [1.29, 1.82) is 0 Å². The Balaban J connectivity index is 1.66. The molecule has 0 spiro atoms. The molecule has 0 unspecified atom stereocenters. The lowest BCUT2D eigenvalue weighted by molar-refractivity contribution is 0.0949. The first-order chi connectivity index (χ1) is 15.6. The number of benzene rings is 3. The average Bonchev–Trinajstić information content (AvgIpc) is 2.82. The molecule has 8 nitrogen and oxygen atoms in total. The standard InChI is InChI=1S/C24H20N4O4/c1-32-20-13-7-10-17(22(20)29)14-25-26-23(30)21-18-11-5-6-12-19(18)24(31)28(27-21)15-16-8-3-2-4-9-16/h2-14,29H,15H2,1H3,(H,26,30). The molecule has 160 valence electrons. The van der Waals surface area contributed by atoms with E-state index in [0.29, 0.717) is 22.1 Å².